The van der Waals surface area contributed by atoms with E-state index in [1.165, 1.54) is 0 Å². The topological polar surface area (TPSA) is 20.2 Å². The van der Waals surface area contributed by atoms with Crippen LogP contribution in [0.1, 0.15) is 30.9 Å². The monoisotopic (exact) mass is 252 g/mol. The third kappa shape index (κ3) is 1.77. The molecular formula is C12H13BrO. The number of halogens is 1. The molecule has 0 spiro atoms. The van der Waals surface area contributed by atoms with Crippen molar-refractivity contribution in [3.8, 4) is 0 Å². The molecule has 2 heteroatoms. The van der Waals surface area contributed by atoms with E-state index >= 15 is 0 Å². The van der Waals surface area contributed by atoms with Gasteiger partial charge in [-0.25, -0.2) is 0 Å². The van der Waals surface area contributed by atoms with Crippen LogP contribution in [0.5, 0.6) is 0 Å². The van der Waals surface area contributed by atoms with E-state index in [0.717, 1.165) is 34.0 Å². The highest BCUT2D eigenvalue weighted by atomic mass is 79.9. The van der Waals surface area contributed by atoms with Crippen molar-refractivity contribution in [2.75, 3.05) is 0 Å². The van der Waals surface area contributed by atoms with Gasteiger partial charge >= 0.3 is 0 Å². The van der Waals surface area contributed by atoms with Crippen LogP contribution in [0.4, 0.5) is 0 Å². The standard InChI is InChI=1S/C12H13BrO/c1-8(2)9-5-10(7-11(13)6-9)12(14)3-4-12/h5-7,14H,1,3-4H2,2H3. The zero-order chi connectivity index (χ0) is 10.3. The smallest absolute Gasteiger partial charge is 0.0899 e. The SMILES string of the molecule is C=C(C)c1cc(Br)cc(C2(O)CC2)c1. The van der Waals surface area contributed by atoms with Crippen LogP contribution < -0.4 is 0 Å². The summed E-state index contributed by atoms with van der Waals surface area (Å²) in [6.45, 7) is 5.88. The lowest BCUT2D eigenvalue weighted by molar-refractivity contribution is 0.151. The largest absolute Gasteiger partial charge is 0.385 e. The number of allylic oxidation sites excluding steroid dienone is 1. The Kier molecular flexibility index (Phi) is 2.28. The van der Waals surface area contributed by atoms with Crippen molar-refractivity contribution in [1.29, 1.82) is 0 Å². The maximum absolute atomic E-state index is 9.98. The first-order valence-corrected chi connectivity index (χ1v) is 5.50. The molecule has 0 aliphatic heterocycles. The molecule has 1 aromatic rings. The van der Waals surface area contributed by atoms with Gasteiger partial charge in [0.2, 0.25) is 0 Å². The van der Waals surface area contributed by atoms with Crippen molar-refractivity contribution in [3.05, 3.63) is 40.4 Å². The number of hydrogen-bond acceptors (Lipinski definition) is 1. The van der Waals surface area contributed by atoms with Crippen LogP contribution in [0.15, 0.2) is 29.3 Å². The van der Waals surface area contributed by atoms with Crippen LogP contribution in [-0.2, 0) is 5.60 Å². The minimum atomic E-state index is -0.562. The zero-order valence-corrected chi connectivity index (χ0v) is 9.76. The normalized spacial score (nSPS) is 17.9. The first-order chi connectivity index (χ1) is 6.51. The molecule has 0 radical (unpaired) electrons. The molecule has 1 aromatic carbocycles. The van der Waals surface area contributed by atoms with Crippen molar-refractivity contribution in [1.82, 2.24) is 0 Å². The fourth-order valence-corrected chi connectivity index (χ4v) is 2.01. The molecule has 14 heavy (non-hydrogen) atoms. The molecule has 1 aliphatic carbocycles. The summed E-state index contributed by atoms with van der Waals surface area (Å²) < 4.78 is 1.01. The first-order valence-electron chi connectivity index (χ1n) is 4.71. The average Bonchev–Trinajstić information content (AvgIpc) is 2.84. The van der Waals surface area contributed by atoms with Gasteiger partial charge in [-0.15, -0.1) is 0 Å². The number of hydrogen-bond donors (Lipinski definition) is 1. The summed E-state index contributed by atoms with van der Waals surface area (Å²) in [4.78, 5) is 0. The van der Waals surface area contributed by atoms with Crippen LogP contribution in [0.25, 0.3) is 5.57 Å². The molecule has 1 nitrogen and oxygen atoms in total. The first kappa shape index (κ1) is 9.94. The fourth-order valence-electron chi connectivity index (χ4n) is 1.51. The Bertz CT molecular complexity index is 391. The molecule has 0 aromatic heterocycles. The lowest BCUT2D eigenvalue weighted by Gasteiger charge is -2.11. The van der Waals surface area contributed by atoms with Crippen molar-refractivity contribution in [2.24, 2.45) is 0 Å². The van der Waals surface area contributed by atoms with Gasteiger partial charge in [0.1, 0.15) is 0 Å². The average molecular weight is 253 g/mol. The van der Waals surface area contributed by atoms with E-state index < -0.39 is 5.60 Å². The minimum absolute atomic E-state index is 0.562. The van der Waals surface area contributed by atoms with E-state index in [1.807, 2.05) is 25.1 Å². The van der Waals surface area contributed by atoms with Crippen LogP contribution in [-0.4, -0.2) is 5.11 Å². The van der Waals surface area contributed by atoms with Gasteiger partial charge in [0.15, 0.2) is 0 Å². The maximum atomic E-state index is 9.98. The Morgan fingerprint density at radius 3 is 2.57 bits per heavy atom. The highest BCUT2D eigenvalue weighted by molar-refractivity contribution is 9.10. The van der Waals surface area contributed by atoms with Gasteiger partial charge in [0.05, 0.1) is 5.60 Å². The predicted molar refractivity (Wildman–Crippen MR) is 62.0 cm³/mol. The van der Waals surface area contributed by atoms with Gasteiger partial charge < -0.3 is 5.11 Å². The molecule has 2 rings (SSSR count). The second-order valence-corrected chi connectivity index (χ2v) is 4.96. The van der Waals surface area contributed by atoms with E-state index in [4.69, 9.17) is 0 Å². The van der Waals surface area contributed by atoms with Crippen molar-refractivity contribution in [2.45, 2.75) is 25.4 Å². The summed E-state index contributed by atoms with van der Waals surface area (Å²) >= 11 is 3.45. The van der Waals surface area contributed by atoms with E-state index in [2.05, 4.69) is 22.5 Å². The van der Waals surface area contributed by atoms with Gasteiger partial charge in [0.25, 0.3) is 0 Å². The highest BCUT2D eigenvalue weighted by Crippen LogP contribution is 2.46. The molecule has 0 saturated heterocycles. The summed E-state index contributed by atoms with van der Waals surface area (Å²) in [5.41, 5.74) is 2.56. The Morgan fingerprint density at radius 2 is 2.07 bits per heavy atom. The highest BCUT2D eigenvalue weighted by Gasteiger charge is 2.42. The van der Waals surface area contributed by atoms with Gasteiger partial charge in [-0.3, -0.25) is 0 Å². The summed E-state index contributed by atoms with van der Waals surface area (Å²) in [6, 6.07) is 6.04. The second kappa shape index (κ2) is 3.21. The summed E-state index contributed by atoms with van der Waals surface area (Å²) in [6.07, 6.45) is 1.75. The van der Waals surface area contributed by atoms with Crippen LogP contribution in [0, 0.1) is 0 Å². The van der Waals surface area contributed by atoms with Gasteiger partial charge in [-0.1, -0.05) is 28.1 Å². The minimum Gasteiger partial charge on any atom is -0.385 e. The van der Waals surface area contributed by atoms with Gasteiger partial charge in [-0.05, 0) is 49.1 Å². The summed E-state index contributed by atoms with van der Waals surface area (Å²) in [5, 5.41) is 9.98. The Balaban J connectivity index is 2.47. The molecule has 1 N–H and O–H groups in total. The zero-order valence-electron chi connectivity index (χ0n) is 8.18. The number of aliphatic hydroxyl groups is 1. The van der Waals surface area contributed by atoms with Crippen molar-refractivity contribution < 1.29 is 5.11 Å². The molecule has 0 atom stereocenters. The summed E-state index contributed by atoms with van der Waals surface area (Å²) in [7, 11) is 0. The van der Waals surface area contributed by atoms with Gasteiger partial charge in [0, 0.05) is 4.47 Å². The Morgan fingerprint density at radius 1 is 1.43 bits per heavy atom. The molecule has 0 bridgehead atoms. The molecule has 0 unspecified atom stereocenters. The third-order valence-corrected chi connectivity index (χ3v) is 3.11. The molecule has 1 aliphatic rings. The number of benzene rings is 1. The van der Waals surface area contributed by atoms with E-state index in [1.54, 1.807) is 0 Å². The van der Waals surface area contributed by atoms with Crippen molar-refractivity contribution in [3.63, 3.8) is 0 Å². The van der Waals surface area contributed by atoms with E-state index in [0.29, 0.717) is 0 Å². The molecule has 0 amide bonds. The number of rotatable bonds is 2. The lowest BCUT2D eigenvalue weighted by atomic mass is 10.0. The second-order valence-electron chi connectivity index (χ2n) is 4.04. The lowest BCUT2D eigenvalue weighted by Crippen LogP contribution is -2.04. The van der Waals surface area contributed by atoms with Crippen LogP contribution in [0.3, 0.4) is 0 Å². The fraction of sp³-hybridized carbons (Fsp3) is 0.333. The maximum Gasteiger partial charge on any atom is 0.0899 e. The van der Waals surface area contributed by atoms with Crippen molar-refractivity contribution >= 4 is 21.5 Å². The molecule has 1 fully saturated rings. The molecular weight excluding hydrogens is 240 g/mol. The Hall–Kier alpha value is -0.600. The quantitative estimate of drug-likeness (QED) is 0.855. The van der Waals surface area contributed by atoms with E-state index in [9.17, 15) is 5.11 Å². The molecule has 0 heterocycles. The Labute approximate surface area is 92.6 Å². The molecule has 74 valence electrons. The summed E-state index contributed by atoms with van der Waals surface area (Å²) in [5.74, 6) is 0. The van der Waals surface area contributed by atoms with Crippen LogP contribution in [0.2, 0.25) is 0 Å². The predicted octanol–water partition coefficient (Wildman–Crippen LogP) is 3.46. The van der Waals surface area contributed by atoms with Crippen LogP contribution >= 0.6 is 15.9 Å². The molecule has 1 saturated carbocycles. The van der Waals surface area contributed by atoms with E-state index in [-0.39, 0.29) is 0 Å². The van der Waals surface area contributed by atoms with Gasteiger partial charge in [-0.2, -0.15) is 0 Å². The third-order valence-electron chi connectivity index (χ3n) is 2.65.